The quantitative estimate of drug-likeness (QED) is 0.826. The van der Waals surface area contributed by atoms with Gasteiger partial charge in [0.25, 0.3) is 0 Å². The lowest BCUT2D eigenvalue weighted by atomic mass is 10.1. The molecule has 1 nitrogen and oxygen atoms in total. The molecule has 0 spiro atoms. The average molecular weight is 317 g/mol. The minimum absolute atomic E-state index is 0.678. The third-order valence-corrected chi connectivity index (χ3v) is 3.15. The molecule has 0 radical (unpaired) electrons. The van der Waals surface area contributed by atoms with Gasteiger partial charge in [-0.1, -0.05) is 53.0 Å². The molecular formula is C14H19BrClN. The highest BCUT2D eigenvalue weighted by atomic mass is 79.9. The molecule has 0 aromatic heterocycles. The summed E-state index contributed by atoms with van der Waals surface area (Å²) in [5.74, 6) is 0.678. The molecule has 1 rings (SSSR count). The Labute approximate surface area is 117 Å². The Morgan fingerprint density at radius 1 is 1.47 bits per heavy atom. The highest BCUT2D eigenvalue weighted by Crippen LogP contribution is 2.23. The summed E-state index contributed by atoms with van der Waals surface area (Å²) in [6.07, 6.45) is 2.13. The molecule has 0 aliphatic rings. The van der Waals surface area contributed by atoms with Gasteiger partial charge in [0.2, 0.25) is 0 Å². The summed E-state index contributed by atoms with van der Waals surface area (Å²) in [5.41, 5.74) is 2.34. The van der Waals surface area contributed by atoms with Crippen LogP contribution in [0.15, 0.2) is 28.2 Å². The monoisotopic (exact) mass is 315 g/mol. The minimum atomic E-state index is 0.678. The molecule has 17 heavy (non-hydrogen) atoms. The van der Waals surface area contributed by atoms with E-state index in [1.165, 1.54) is 5.57 Å². The van der Waals surface area contributed by atoms with Gasteiger partial charge in [0, 0.05) is 16.0 Å². The van der Waals surface area contributed by atoms with E-state index in [1.54, 1.807) is 0 Å². The van der Waals surface area contributed by atoms with Gasteiger partial charge in [-0.25, -0.2) is 0 Å². The Morgan fingerprint density at radius 2 is 2.18 bits per heavy atom. The minimum Gasteiger partial charge on any atom is -0.313 e. The molecule has 0 atom stereocenters. The van der Waals surface area contributed by atoms with Crippen molar-refractivity contribution < 1.29 is 0 Å². The van der Waals surface area contributed by atoms with Gasteiger partial charge in [0.05, 0.1) is 0 Å². The standard InChI is InChI=1S/C14H19BrClN/c1-10(2)8-17-9-11(3)6-12-7-13(15)4-5-14(12)16/h4-7,10,17H,8-9H2,1-3H3/b11-6+. The molecule has 0 saturated heterocycles. The highest BCUT2D eigenvalue weighted by molar-refractivity contribution is 9.10. The molecule has 0 fully saturated rings. The predicted molar refractivity (Wildman–Crippen MR) is 80.5 cm³/mol. The van der Waals surface area contributed by atoms with Crippen LogP contribution in [0, 0.1) is 5.92 Å². The molecule has 3 heteroatoms. The van der Waals surface area contributed by atoms with Crippen LogP contribution in [0.4, 0.5) is 0 Å². The molecule has 0 unspecified atom stereocenters. The third kappa shape index (κ3) is 5.71. The van der Waals surface area contributed by atoms with E-state index >= 15 is 0 Å². The van der Waals surface area contributed by atoms with Crippen molar-refractivity contribution in [2.45, 2.75) is 20.8 Å². The molecule has 1 N–H and O–H groups in total. The van der Waals surface area contributed by atoms with Crippen molar-refractivity contribution in [1.82, 2.24) is 5.32 Å². The summed E-state index contributed by atoms with van der Waals surface area (Å²) in [6, 6.07) is 5.90. The second-order valence-corrected chi connectivity index (χ2v) is 6.00. The summed E-state index contributed by atoms with van der Waals surface area (Å²) < 4.78 is 1.05. The van der Waals surface area contributed by atoms with Crippen molar-refractivity contribution in [3.05, 3.63) is 38.8 Å². The van der Waals surface area contributed by atoms with Crippen molar-refractivity contribution in [2.75, 3.05) is 13.1 Å². The zero-order valence-electron chi connectivity index (χ0n) is 10.6. The fraction of sp³-hybridized carbons (Fsp3) is 0.429. The Morgan fingerprint density at radius 3 is 2.82 bits per heavy atom. The fourth-order valence-corrected chi connectivity index (χ4v) is 2.05. The molecule has 0 heterocycles. The zero-order valence-corrected chi connectivity index (χ0v) is 12.9. The summed E-state index contributed by atoms with van der Waals surface area (Å²) in [5, 5.41) is 4.20. The lowest BCUT2D eigenvalue weighted by molar-refractivity contribution is 0.572. The van der Waals surface area contributed by atoms with Gasteiger partial charge in [0.1, 0.15) is 0 Å². The van der Waals surface area contributed by atoms with Crippen LogP contribution in [0.5, 0.6) is 0 Å². The maximum absolute atomic E-state index is 6.14. The maximum Gasteiger partial charge on any atom is 0.0479 e. The Kier molecular flexibility index (Phi) is 6.24. The largest absolute Gasteiger partial charge is 0.313 e. The second-order valence-electron chi connectivity index (χ2n) is 4.68. The van der Waals surface area contributed by atoms with Crippen LogP contribution in [0.3, 0.4) is 0 Å². The van der Waals surface area contributed by atoms with E-state index in [2.05, 4.69) is 48.1 Å². The maximum atomic E-state index is 6.14. The first kappa shape index (κ1) is 14.7. The van der Waals surface area contributed by atoms with Gasteiger partial charge >= 0.3 is 0 Å². The normalized spacial score (nSPS) is 12.2. The molecular weight excluding hydrogens is 298 g/mol. The van der Waals surface area contributed by atoms with E-state index in [0.29, 0.717) is 5.92 Å². The van der Waals surface area contributed by atoms with Crippen LogP contribution in [-0.2, 0) is 0 Å². The number of benzene rings is 1. The van der Waals surface area contributed by atoms with Crippen molar-refractivity contribution in [1.29, 1.82) is 0 Å². The first-order chi connectivity index (χ1) is 7.99. The second kappa shape index (κ2) is 7.20. The molecule has 0 amide bonds. The SMILES string of the molecule is C/C(=C\c1cc(Br)ccc1Cl)CNCC(C)C. The van der Waals surface area contributed by atoms with E-state index in [-0.39, 0.29) is 0 Å². The van der Waals surface area contributed by atoms with E-state index in [9.17, 15) is 0 Å². The topological polar surface area (TPSA) is 12.0 Å². The Hall–Kier alpha value is -0.310. The van der Waals surface area contributed by atoms with Crippen LogP contribution >= 0.6 is 27.5 Å². The van der Waals surface area contributed by atoms with Crippen LogP contribution < -0.4 is 5.32 Å². The van der Waals surface area contributed by atoms with E-state index in [0.717, 1.165) is 28.1 Å². The number of hydrogen-bond donors (Lipinski definition) is 1. The van der Waals surface area contributed by atoms with Gasteiger partial charge in [-0.2, -0.15) is 0 Å². The summed E-state index contributed by atoms with van der Waals surface area (Å²) in [7, 11) is 0. The van der Waals surface area contributed by atoms with Gasteiger partial charge in [-0.05, 0) is 43.1 Å². The number of rotatable bonds is 5. The van der Waals surface area contributed by atoms with E-state index in [1.807, 2.05) is 18.2 Å². The van der Waals surface area contributed by atoms with Gasteiger partial charge < -0.3 is 5.32 Å². The van der Waals surface area contributed by atoms with Crippen LogP contribution in [0.2, 0.25) is 5.02 Å². The molecule has 94 valence electrons. The van der Waals surface area contributed by atoms with Gasteiger partial charge in [-0.3, -0.25) is 0 Å². The van der Waals surface area contributed by atoms with Crippen molar-refractivity contribution in [2.24, 2.45) is 5.92 Å². The van der Waals surface area contributed by atoms with Crippen LogP contribution in [0.25, 0.3) is 6.08 Å². The zero-order chi connectivity index (χ0) is 12.8. The highest BCUT2D eigenvalue weighted by Gasteiger charge is 1.99. The fourth-order valence-electron chi connectivity index (χ4n) is 1.50. The summed E-state index contributed by atoms with van der Waals surface area (Å²) in [4.78, 5) is 0. The van der Waals surface area contributed by atoms with Crippen molar-refractivity contribution in [3.8, 4) is 0 Å². The lowest BCUT2D eigenvalue weighted by Crippen LogP contribution is -2.21. The average Bonchev–Trinajstić information content (AvgIpc) is 2.23. The van der Waals surface area contributed by atoms with Gasteiger partial charge in [-0.15, -0.1) is 0 Å². The number of halogens is 2. The first-order valence-electron chi connectivity index (χ1n) is 5.82. The molecule has 1 aromatic carbocycles. The Bertz CT molecular complexity index is 399. The first-order valence-corrected chi connectivity index (χ1v) is 6.99. The Balaban J connectivity index is 2.63. The summed E-state index contributed by atoms with van der Waals surface area (Å²) in [6.45, 7) is 8.47. The van der Waals surface area contributed by atoms with Crippen LogP contribution in [-0.4, -0.2) is 13.1 Å². The third-order valence-electron chi connectivity index (χ3n) is 2.32. The van der Waals surface area contributed by atoms with Crippen molar-refractivity contribution >= 4 is 33.6 Å². The molecule has 0 saturated carbocycles. The molecule has 0 bridgehead atoms. The molecule has 1 aromatic rings. The number of hydrogen-bond acceptors (Lipinski definition) is 1. The van der Waals surface area contributed by atoms with E-state index in [4.69, 9.17) is 11.6 Å². The van der Waals surface area contributed by atoms with Gasteiger partial charge in [0.15, 0.2) is 0 Å². The molecule has 0 aliphatic heterocycles. The molecule has 0 aliphatic carbocycles. The number of nitrogens with one attached hydrogen (secondary N) is 1. The smallest absolute Gasteiger partial charge is 0.0479 e. The lowest BCUT2D eigenvalue weighted by Gasteiger charge is -2.08. The predicted octanol–water partition coefficient (Wildman–Crippen LogP) is 4.75. The van der Waals surface area contributed by atoms with Crippen LogP contribution in [0.1, 0.15) is 26.3 Å². The van der Waals surface area contributed by atoms with E-state index < -0.39 is 0 Å². The van der Waals surface area contributed by atoms with Crippen molar-refractivity contribution in [3.63, 3.8) is 0 Å². The summed E-state index contributed by atoms with van der Waals surface area (Å²) >= 11 is 9.59.